The number of benzene rings is 1. The highest BCUT2D eigenvalue weighted by atomic mass is 16.6. The average Bonchev–Trinajstić information content (AvgIpc) is 2.16. The van der Waals surface area contributed by atoms with Gasteiger partial charge in [-0.3, -0.25) is 14.9 Å². The van der Waals surface area contributed by atoms with E-state index in [9.17, 15) is 14.9 Å². The lowest BCUT2D eigenvalue weighted by molar-refractivity contribution is -0.384. The fraction of sp³-hybridized carbons (Fsp3) is 0.222. The van der Waals surface area contributed by atoms with Gasteiger partial charge in [-0.05, 0) is 18.1 Å². The quantitative estimate of drug-likeness (QED) is 0.441. The van der Waals surface area contributed by atoms with Crippen molar-refractivity contribution in [1.29, 1.82) is 0 Å². The molecule has 0 spiro atoms. The molecule has 6 heteroatoms. The second-order valence-corrected chi connectivity index (χ2v) is 3.03. The van der Waals surface area contributed by atoms with Crippen LogP contribution in [-0.2, 0) is 11.2 Å². The first-order valence-corrected chi connectivity index (χ1v) is 4.25. The molecule has 0 heterocycles. The number of carboxylic acid groups (broad SMARTS) is 1. The van der Waals surface area contributed by atoms with Gasteiger partial charge in [-0.1, -0.05) is 0 Å². The number of nitro benzene ring substituents is 1. The van der Waals surface area contributed by atoms with Crippen LogP contribution < -0.4 is 5.73 Å². The number of nitrogen functional groups attached to an aromatic ring is 1. The van der Waals surface area contributed by atoms with Gasteiger partial charge < -0.3 is 10.8 Å². The van der Waals surface area contributed by atoms with Crippen molar-refractivity contribution < 1.29 is 14.8 Å². The van der Waals surface area contributed by atoms with Crippen molar-refractivity contribution in [1.82, 2.24) is 0 Å². The lowest BCUT2D eigenvalue weighted by Gasteiger charge is -2.03. The van der Waals surface area contributed by atoms with Crippen LogP contribution in [0, 0.1) is 10.1 Å². The molecule has 0 unspecified atom stereocenters. The molecule has 6 nitrogen and oxygen atoms in total. The molecule has 80 valence electrons. The number of aryl methyl sites for hydroxylation is 1. The Balaban J connectivity index is 2.90. The molecule has 1 aromatic rings. The van der Waals surface area contributed by atoms with E-state index in [1.165, 1.54) is 18.2 Å². The molecule has 0 aliphatic rings. The predicted molar refractivity (Wildman–Crippen MR) is 53.5 cm³/mol. The van der Waals surface area contributed by atoms with Crippen molar-refractivity contribution in [2.75, 3.05) is 5.73 Å². The maximum atomic E-state index is 10.5. The third-order valence-electron chi connectivity index (χ3n) is 1.95. The molecule has 0 amide bonds. The number of non-ortho nitro benzene ring substituents is 1. The first-order chi connectivity index (χ1) is 7.00. The van der Waals surface area contributed by atoms with Crippen LogP contribution in [-0.4, -0.2) is 16.0 Å². The molecule has 0 bridgehead atoms. The molecular weight excluding hydrogens is 200 g/mol. The number of carboxylic acids is 1. The van der Waals surface area contributed by atoms with Crippen LogP contribution in [0.1, 0.15) is 12.0 Å². The van der Waals surface area contributed by atoms with Crippen molar-refractivity contribution >= 4 is 17.3 Å². The summed E-state index contributed by atoms with van der Waals surface area (Å²) in [4.78, 5) is 20.2. The first kappa shape index (κ1) is 11.0. The van der Waals surface area contributed by atoms with Crippen molar-refractivity contribution in [3.05, 3.63) is 33.9 Å². The van der Waals surface area contributed by atoms with E-state index >= 15 is 0 Å². The van der Waals surface area contributed by atoms with Gasteiger partial charge in [0.05, 0.1) is 4.92 Å². The Kier molecular flexibility index (Phi) is 3.22. The van der Waals surface area contributed by atoms with E-state index in [1.807, 2.05) is 0 Å². The molecule has 1 aromatic carbocycles. The second kappa shape index (κ2) is 4.41. The summed E-state index contributed by atoms with van der Waals surface area (Å²) in [5, 5.41) is 18.9. The molecule has 0 atom stereocenters. The van der Waals surface area contributed by atoms with E-state index in [0.29, 0.717) is 11.3 Å². The number of nitrogens with zero attached hydrogens (tertiary/aromatic N) is 1. The number of carbonyl (C=O) groups is 1. The highest BCUT2D eigenvalue weighted by Gasteiger charge is 2.09. The van der Waals surface area contributed by atoms with E-state index in [-0.39, 0.29) is 18.5 Å². The normalized spacial score (nSPS) is 9.87. The van der Waals surface area contributed by atoms with Crippen molar-refractivity contribution in [2.45, 2.75) is 12.8 Å². The first-order valence-electron chi connectivity index (χ1n) is 4.25. The zero-order chi connectivity index (χ0) is 11.4. The third-order valence-corrected chi connectivity index (χ3v) is 1.95. The minimum Gasteiger partial charge on any atom is -0.481 e. The van der Waals surface area contributed by atoms with Crippen LogP contribution >= 0.6 is 0 Å². The monoisotopic (exact) mass is 210 g/mol. The summed E-state index contributed by atoms with van der Waals surface area (Å²) < 4.78 is 0. The molecule has 0 aromatic heterocycles. The molecule has 0 saturated heterocycles. The average molecular weight is 210 g/mol. The van der Waals surface area contributed by atoms with Crippen LogP contribution in [0.2, 0.25) is 0 Å². The van der Waals surface area contributed by atoms with Crippen molar-refractivity contribution in [2.24, 2.45) is 0 Å². The van der Waals surface area contributed by atoms with Gasteiger partial charge in [-0.15, -0.1) is 0 Å². The van der Waals surface area contributed by atoms with Gasteiger partial charge in [0, 0.05) is 24.2 Å². The molecule has 1 rings (SSSR count). The Bertz CT molecular complexity index is 403. The predicted octanol–water partition coefficient (Wildman–Crippen LogP) is 1.19. The topological polar surface area (TPSA) is 106 Å². The van der Waals surface area contributed by atoms with Gasteiger partial charge in [-0.25, -0.2) is 0 Å². The van der Waals surface area contributed by atoms with E-state index in [2.05, 4.69) is 0 Å². The summed E-state index contributed by atoms with van der Waals surface area (Å²) in [5.41, 5.74) is 6.35. The van der Waals surface area contributed by atoms with Crippen LogP contribution in [0.4, 0.5) is 11.4 Å². The number of rotatable bonds is 4. The number of nitrogens with two attached hydrogens (primary N) is 1. The minimum atomic E-state index is -0.957. The van der Waals surface area contributed by atoms with Gasteiger partial charge in [0.1, 0.15) is 0 Å². The van der Waals surface area contributed by atoms with Gasteiger partial charge in [0.15, 0.2) is 0 Å². The Morgan fingerprint density at radius 2 is 2.20 bits per heavy atom. The zero-order valence-corrected chi connectivity index (χ0v) is 7.84. The Morgan fingerprint density at radius 3 is 2.73 bits per heavy atom. The van der Waals surface area contributed by atoms with Gasteiger partial charge in [0.25, 0.3) is 5.69 Å². The van der Waals surface area contributed by atoms with E-state index < -0.39 is 10.9 Å². The number of anilines is 1. The minimum absolute atomic E-state index is 0.0791. The summed E-state index contributed by atoms with van der Waals surface area (Å²) in [6.45, 7) is 0. The number of nitro groups is 1. The molecule has 0 saturated carbocycles. The fourth-order valence-electron chi connectivity index (χ4n) is 1.16. The molecule has 0 fully saturated rings. The molecule has 0 aliphatic carbocycles. The molecule has 15 heavy (non-hydrogen) atoms. The summed E-state index contributed by atoms with van der Waals surface area (Å²) in [7, 11) is 0. The highest BCUT2D eigenvalue weighted by Crippen LogP contribution is 2.20. The number of hydrogen-bond acceptors (Lipinski definition) is 4. The maximum absolute atomic E-state index is 10.5. The molecule has 0 radical (unpaired) electrons. The Labute approximate surface area is 85.5 Å². The zero-order valence-electron chi connectivity index (χ0n) is 7.84. The van der Waals surface area contributed by atoms with Gasteiger partial charge in [-0.2, -0.15) is 0 Å². The SMILES string of the molecule is Nc1ccc([N+](=O)[O-])cc1CCC(=O)O. The summed E-state index contributed by atoms with van der Waals surface area (Å²) in [6, 6.07) is 4.01. The maximum Gasteiger partial charge on any atom is 0.303 e. The lowest BCUT2D eigenvalue weighted by atomic mass is 10.1. The summed E-state index contributed by atoms with van der Waals surface area (Å²) >= 11 is 0. The van der Waals surface area contributed by atoms with E-state index in [1.54, 1.807) is 0 Å². The molecule has 3 N–H and O–H groups in total. The smallest absolute Gasteiger partial charge is 0.303 e. The molecule has 0 aliphatic heterocycles. The van der Waals surface area contributed by atoms with Gasteiger partial charge in [0.2, 0.25) is 0 Å². The Hall–Kier alpha value is -2.11. The number of hydrogen-bond donors (Lipinski definition) is 2. The largest absolute Gasteiger partial charge is 0.481 e. The van der Waals surface area contributed by atoms with E-state index in [4.69, 9.17) is 10.8 Å². The van der Waals surface area contributed by atoms with Gasteiger partial charge >= 0.3 is 5.97 Å². The summed E-state index contributed by atoms with van der Waals surface area (Å²) in [5.74, 6) is -0.957. The lowest BCUT2D eigenvalue weighted by Crippen LogP contribution is -2.01. The fourth-order valence-corrected chi connectivity index (χ4v) is 1.16. The van der Waals surface area contributed by atoms with Crippen molar-refractivity contribution in [3.8, 4) is 0 Å². The highest BCUT2D eigenvalue weighted by molar-refractivity contribution is 5.67. The van der Waals surface area contributed by atoms with Crippen LogP contribution in [0.3, 0.4) is 0 Å². The van der Waals surface area contributed by atoms with E-state index in [0.717, 1.165) is 0 Å². The van der Waals surface area contributed by atoms with Crippen molar-refractivity contribution in [3.63, 3.8) is 0 Å². The van der Waals surface area contributed by atoms with Crippen LogP contribution in [0.5, 0.6) is 0 Å². The third kappa shape index (κ3) is 2.94. The molecular formula is C9H10N2O4. The second-order valence-electron chi connectivity index (χ2n) is 3.03. The summed E-state index contributed by atoms with van der Waals surface area (Å²) in [6.07, 6.45) is 0.105. The van der Waals surface area contributed by atoms with Crippen LogP contribution in [0.15, 0.2) is 18.2 Å². The number of aliphatic carboxylic acids is 1. The standard InChI is InChI=1S/C9H10N2O4/c10-8-3-2-7(11(14)15)5-6(8)1-4-9(12)13/h2-3,5H,1,4,10H2,(H,12,13). The Morgan fingerprint density at radius 1 is 1.53 bits per heavy atom. The van der Waals surface area contributed by atoms with Crippen LogP contribution in [0.25, 0.3) is 0 Å².